The summed E-state index contributed by atoms with van der Waals surface area (Å²) < 4.78 is 29.0. The number of hydrogen-bond acceptors (Lipinski definition) is 4. The van der Waals surface area contributed by atoms with Crippen LogP contribution in [0.2, 0.25) is 5.02 Å². The van der Waals surface area contributed by atoms with E-state index in [0.717, 1.165) is 9.87 Å². The van der Waals surface area contributed by atoms with Gasteiger partial charge >= 0.3 is 0 Å². The number of carbonyl (C=O) groups excluding carboxylic acids is 2. The summed E-state index contributed by atoms with van der Waals surface area (Å²) in [7, 11) is -2.62. The van der Waals surface area contributed by atoms with Crippen LogP contribution in [0.1, 0.15) is 16.7 Å². The lowest BCUT2D eigenvalue weighted by Gasteiger charge is -2.34. The lowest BCUT2D eigenvalue weighted by atomic mass is 10.0. The van der Waals surface area contributed by atoms with E-state index in [1.807, 2.05) is 36.4 Å². The second kappa shape index (κ2) is 13.5. The number of likely N-dealkylation sites (N-methyl/N-ethyl adjacent to an activating group) is 1. The number of nitrogens with zero attached hydrogens (tertiary/aromatic N) is 2. The van der Waals surface area contributed by atoms with Gasteiger partial charge in [0.2, 0.25) is 11.8 Å². The van der Waals surface area contributed by atoms with E-state index in [2.05, 4.69) is 5.32 Å². The highest BCUT2D eigenvalue weighted by molar-refractivity contribution is 7.92. The van der Waals surface area contributed by atoms with Crippen molar-refractivity contribution in [1.82, 2.24) is 10.2 Å². The molecule has 212 valence electrons. The fraction of sp³-hybridized carbons (Fsp3) is 0.188. The van der Waals surface area contributed by atoms with Gasteiger partial charge in [0, 0.05) is 25.0 Å². The number of sulfonamides is 1. The highest BCUT2D eigenvalue weighted by atomic mass is 35.5. The molecule has 0 unspecified atom stereocenters. The van der Waals surface area contributed by atoms with Crippen molar-refractivity contribution in [3.8, 4) is 0 Å². The van der Waals surface area contributed by atoms with Crippen molar-refractivity contribution in [2.45, 2.75) is 30.8 Å². The summed E-state index contributed by atoms with van der Waals surface area (Å²) in [6.45, 7) is 1.34. The zero-order chi connectivity index (χ0) is 29.4. The van der Waals surface area contributed by atoms with Crippen LogP contribution in [0.25, 0.3) is 0 Å². The number of anilines is 1. The monoisotopic (exact) mass is 589 g/mol. The van der Waals surface area contributed by atoms with Crippen LogP contribution in [0, 0.1) is 6.92 Å². The van der Waals surface area contributed by atoms with Gasteiger partial charge < -0.3 is 10.2 Å². The molecule has 0 saturated heterocycles. The Labute approximate surface area is 246 Å². The van der Waals surface area contributed by atoms with E-state index in [1.165, 1.54) is 24.1 Å². The second-order valence-electron chi connectivity index (χ2n) is 9.58. The maximum atomic E-state index is 14.3. The highest BCUT2D eigenvalue weighted by Gasteiger charge is 2.34. The van der Waals surface area contributed by atoms with E-state index >= 15 is 0 Å². The standard InChI is InChI=1S/C32H32ClN3O4S/c1-24-12-9-10-19-29(24)36(41(39,40)28-17-7-4-8-18-28)23-31(37)35(22-26-15-11-16-27(33)20-26)30(32(38)34-2)21-25-13-5-3-6-14-25/h3-20,30H,21-23H2,1-2H3,(H,34,38)/t30-/m1/s1. The fourth-order valence-electron chi connectivity index (χ4n) is 4.63. The molecule has 7 nitrogen and oxygen atoms in total. The average Bonchev–Trinajstić information content (AvgIpc) is 2.98. The first-order valence-electron chi connectivity index (χ1n) is 13.1. The van der Waals surface area contributed by atoms with Crippen molar-refractivity contribution in [3.05, 3.63) is 131 Å². The molecule has 0 heterocycles. The van der Waals surface area contributed by atoms with Gasteiger partial charge in [0.15, 0.2) is 0 Å². The lowest BCUT2D eigenvalue weighted by molar-refractivity contribution is -0.139. The Hall–Kier alpha value is -4.14. The summed E-state index contributed by atoms with van der Waals surface area (Å²) in [4.78, 5) is 29.0. The van der Waals surface area contributed by atoms with Crippen molar-refractivity contribution in [3.63, 3.8) is 0 Å². The average molecular weight is 590 g/mol. The van der Waals surface area contributed by atoms with E-state index < -0.39 is 28.5 Å². The van der Waals surface area contributed by atoms with Crippen molar-refractivity contribution < 1.29 is 18.0 Å². The summed E-state index contributed by atoms with van der Waals surface area (Å²) in [5.41, 5.74) is 2.64. The van der Waals surface area contributed by atoms with E-state index in [4.69, 9.17) is 11.6 Å². The number of halogens is 1. The molecular weight excluding hydrogens is 558 g/mol. The summed E-state index contributed by atoms with van der Waals surface area (Å²) >= 11 is 6.25. The Morgan fingerprint density at radius 3 is 2.07 bits per heavy atom. The molecule has 0 radical (unpaired) electrons. The van der Waals surface area contributed by atoms with Crippen LogP contribution in [-0.2, 0) is 32.6 Å². The molecule has 41 heavy (non-hydrogen) atoms. The molecular formula is C32H32ClN3O4S. The first-order valence-corrected chi connectivity index (χ1v) is 15.0. The van der Waals surface area contributed by atoms with Crippen LogP contribution in [-0.4, -0.2) is 44.8 Å². The number of nitrogens with one attached hydrogen (secondary N) is 1. The number of benzene rings is 4. The van der Waals surface area contributed by atoms with Gasteiger partial charge in [0.25, 0.3) is 10.0 Å². The van der Waals surface area contributed by atoms with E-state index in [1.54, 1.807) is 67.6 Å². The number of carbonyl (C=O) groups is 2. The van der Waals surface area contributed by atoms with Crippen molar-refractivity contribution in [2.75, 3.05) is 17.9 Å². The molecule has 2 amide bonds. The number of amides is 2. The van der Waals surface area contributed by atoms with Gasteiger partial charge in [-0.2, -0.15) is 0 Å². The van der Waals surface area contributed by atoms with Gasteiger partial charge in [-0.3, -0.25) is 13.9 Å². The Morgan fingerprint density at radius 1 is 0.829 bits per heavy atom. The van der Waals surface area contributed by atoms with Crippen LogP contribution in [0.4, 0.5) is 5.69 Å². The molecule has 0 aliphatic carbocycles. The van der Waals surface area contributed by atoms with Gasteiger partial charge in [-0.05, 0) is 53.9 Å². The zero-order valence-electron chi connectivity index (χ0n) is 22.9. The minimum absolute atomic E-state index is 0.0529. The summed E-state index contributed by atoms with van der Waals surface area (Å²) in [5.74, 6) is -0.894. The second-order valence-corrected chi connectivity index (χ2v) is 11.9. The van der Waals surface area contributed by atoms with Crippen LogP contribution < -0.4 is 9.62 Å². The quantitative estimate of drug-likeness (QED) is 0.260. The molecule has 9 heteroatoms. The Morgan fingerprint density at radius 2 is 1.44 bits per heavy atom. The van der Waals surface area contributed by atoms with E-state index in [0.29, 0.717) is 21.8 Å². The predicted octanol–water partition coefficient (Wildman–Crippen LogP) is 5.23. The van der Waals surface area contributed by atoms with Gasteiger partial charge in [0.05, 0.1) is 10.6 Å². The summed E-state index contributed by atoms with van der Waals surface area (Å²) in [5, 5.41) is 3.17. The molecule has 0 aromatic heterocycles. The molecule has 1 N–H and O–H groups in total. The minimum Gasteiger partial charge on any atom is -0.357 e. The third-order valence-corrected chi connectivity index (χ3v) is 8.76. The molecule has 0 fully saturated rings. The molecule has 4 aromatic rings. The zero-order valence-corrected chi connectivity index (χ0v) is 24.5. The van der Waals surface area contributed by atoms with Crippen molar-refractivity contribution in [1.29, 1.82) is 0 Å². The van der Waals surface area contributed by atoms with Gasteiger partial charge in [-0.25, -0.2) is 8.42 Å². The Kier molecular flexibility index (Phi) is 9.81. The molecule has 0 spiro atoms. The summed E-state index contributed by atoms with van der Waals surface area (Å²) in [6, 6.07) is 30.5. The van der Waals surface area contributed by atoms with Gasteiger partial charge in [-0.1, -0.05) is 90.5 Å². The number of rotatable bonds is 11. The maximum absolute atomic E-state index is 14.3. The summed E-state index contributed by atoms with van der Waals surface area (Å²) in [6.07, 6.45) is 0.239. The topological polar surface area (TPSA) is 86.8 Å². The smallest absolute Gasteiger partial charge is 0.264 e. The molecule has 0 aliphatic rings. The largest absolute Gasteiger partial charge is 0.357 e. The van der Waals surface area contributed by atoms with Crippen molar-refractivity contribution >= 4 is 39.1 Å². The van der Waals surface area contributed by atoms with Crippen molar-refractivity contribution in [2.24, 2.45) is 0 Å². The molecule has 4 aromatic carbocycles. The first kappa shape index (κ1) is 29.8. The highest BCUT2D eigenvalue weighted by Crippen LogP contribution is 2.27. The van der Waals surface area contributed by atoms with Crippen LogP contribution in [0.3, 0.4) is 0 Å². The molecule has 4 rings (SSSR count). The third kappa shape index (κ3) is 7.34. The Bertz CT molecular complexity index is 1600. The molecule has 0 bridgehead atoms. The molecule has 0 aliphatic heterocycles. The van der Waals surface area contributed by atoms with Crippen LogP contribution in [0.15, 0.2) is 114 Å². The van der Waals surface area contributed by atoms with Crippen LogP contribution in [0.5, 0.6) is 0 Å². The first-order chi connectivity index (χ1) is 19.7. The number of hydrogen-bond donors (Lipinski definition) is 1. The predicted molar refractivity (Wildman–Crippen MR) is 162 cm³/mol. The van der Waals surface area contributed by atoms with Gasteiger partial charge in [-0.15, -0.1) is 0 Å². The third-order valence-electron chi connectivity index (χ3n) is 6.75. The number of aryl methyl sites for hydroxylation is 1. The lowest BCUT2D eigenvalue weighted by Crippen LogP contribution is -2.53. The van der Waals surface area contributed by atoms with Gasteiger partial charge in [0.1, 0.15) is 12.6 Å². The minimum atomic E-state index is -4.13. The molecule has 0 saturated carbocycles. The van der Waals surface area contributed by atoms with E-state index in [9.17, 15) is 18.0 Å². The normalized spacial score (nSPS) is 11.9. The Balaban J connectivity index is 1.79. The number of para-hydroxylation sites is 1. The maximum Gasteiger partial charge on any atom is 0.264 e. The van der Waals surface area contributed by atoms with E-state index in [-0.39, 0.29) is 23.8 Å². The molecule has 1 atom stereocenters. The SMILES string of the molecule is CNC(=O)[C@@H](Cc1ccccc1)N(Cc1cccc(Cl)c1)C(=O)CN(c1ccccc1C)S(=O)(=O)c1ccccc1. The van der Waals surface area contributed by atoms with Crippen LogP contribution >= 0.6 is 11.6 Å². The fourth-order valence-corrected chi connectivity index (χ4v) is 6.34.